The summed E-state index contributed by atoms with van der Waals surface area (Å²) in [6.07, 6.45) is -0.228. The summed E-state index contributed by atoms with van der Waals surface area (Å²) < 4.78 is 5.52. The average Bonchev–Trinajstić information content (AvgIpc) is 2.25. The maximum Gasteiger partial charge on any atom is 0.223 e. The van der Waals surface area contributed by atoms with E-state index in [0.29, 0.717) is 13.0 Å². The molecular weight excluding hydrogens is 230 g/mol. The largest absolute Gasteiger partial charge is 0.493 e. The van der Waals surface area contributed by atoms with E-state index in [9.17, 15) is 4.79 Å². The molecule has 4 nitrogen and oxygen atoms in total. The minimum absolute atomic E-state index is 0.111. The number of hydrogen-bond donors (Lipinski definition) is 2. The maximum atomic E-state index is 11.4. The van der Waals surface area contributed by atoms with Crippen LogP contribution in [0.3, 0.4) is 0 Å². The third-order valence-corrected chi connectivity index (χ3v) is 2.39. The van der Waals surface area contributed by atoms with Crippen LogP contribution in [0, 0.1) is 13.8 Å². The van der Waals surface area contributed by atoms with Gasteiger partial charge in [-0.15, -0.1) is 0 Å². The number of amides is 1. The number of aliphatic hydroxyl groups is 1. The van der Waals surface area contributed by atoms with Gasteiger partial charge in [0.1, 0.15) is 5.75 Å². The number of rotatable bonds is 6. The number of aliphatic hydroxyl groups excluding tert-OH is 1. The molecule has 1 atom stereocenters. The van der Waals surface area contributed by atoms with Gasteiger partial charge in [0.05, 0.1) is 19.1 Å². The van der Waals surface area contributed by atoms with E-state index in [0.717, 1.165) is 16.9 Å². The van der Waals surface area contributed by atoms with Crippen molar-refractivity contribution in [3.63, 3.8) is 0 Å². The molecule has 1 rings (SSSR count). The van der Waals surface area contributed by atoms with Crippen molar-refractivity contribution in [3.8, 4) is 5.75 Å². The fraction of sp³-hybridized carbons (Fsp3) is 0.500. The van der Waals surface area contributed by atoms with Gasteiger partial charge in [0.25, 0.3) is 0 Å². The van der Waals surface area contributed by atoms with Crippen molar-refractivity contribution in [3.05, 3.63) is 29.3 Å². The Bertz CT molecular complexity index is 382. The first-order valence-corrected chi connectivity index (χ1v) is 6.13. The topological polar surface area (TPSA) is 58.6 Å². The van der Waals surface area contributed by atoms with Crippen molar-refractivity contribution in [1.82, 2.24) is 5.32 Å². The second-order valence-corrected chi connectivity index (χ2v) is 4.57. The summed E-state index contributed by atoms with van der Waals surface area (Å²) in [4.78, 5) is 11.4. The number of benzene rings is 1. The molecule has 0 aromatic heterocycles. The van der Waals surface area contributed by atoms with Crippen LogP contribution >= 0.6 is 0 Å². The molecule has 4 heteroatoms. The molecule has 100 valence electrons. The lowest BCUT2D eigenvalue weighted by molar-refractivity contribution is -0.122. The lowest BCUT2D eigenvalue weighted by Gasteiger charge is -2.09. The fourth-order valence-corrected chi connectivity index (χ4v) is 1.63. The zero-order valence-electron chi connectivity index (χ0n) is 11.2. The van der Waals surface area contributed by atoms with E-state index >= 15 is 0 Å². The first-order chi connectivity index (χ1) is 8.47. The summed E-state index contributed by atoms with van der Waals surface area (Å²) in [5, 5.41) is 11.6. The molecule has 18 heavy (non-hydrogen) atoms. The molecule has 1 unspecified atom stereocenters. The average molecular weight is 251 g/mol. The van der Waals surface area contributed by atoms with Gasteiger partial charge in [0.2, 0.25) is 5.91 Å². The van der Waals surface area contributed by atoms with Gasteiger partial charge in [-0.1, -0.05) is 6.07 Å². The number of hydrogen-bond acceptors (Lipinski definition) is 3. The van der Waals surface area contributed by atoms with Crippen molar-refractivity contribution in [2.75, 3.05) is 13.2 Å². The standard InChI is InChI=1S/C14H21NO3/c1-10-6-11(2)8-13(7-10)18-5-4-14(17)15-9-12(3)16/h6-8,12,16H,4-5,9H2,1-3H3,(H,15,17). The minimum Gasteiger partial charge on any atom is -0.493 e. The van der Waals surface area contributed by atoms with Crippen LogP contribution in [0.5, 0.6) is 5.75 Å². The molecule has 0 aliphatic rings. The van der Waals surface area contributed by atoms with Gasteiger partial charge < -0.3 is 15.2 Å². The maximum absolute atomic E-state index is 11.4. The van der Waals surface area contributed by atoms with Gasteiger partial charge in [-0.3, -0.25) is 4.79 Å². The Hall–Kier alpha value is -1.55. The van der Waals surface area contributed by atoms with Gasteiger partial charge in [0, 0.05) is 6.54 Å². The molecule has 1 amide bonds. The van der Waals surface area contributed by atoms with Crippen LogP contribution in [0.4, 0.5) is 0 Å². The minimum atomic E-state index is -0.519. The normalized spacial score (nSPS) is 12.0. The van der Waals surface area contributed by atoms with Crippen molar-refractivity contribution >= 4 is 5.91 Å². The Morgan fingerprint density at radius 3 is 2.50 bits per heavy atom. The summed E-state index contributed by atoms with van der Waals surface area (Å²) in [5.41, 5.74) is 2.28. The van der Waals surface area contributed by atoms with Crippen LogP contribution in [0.25, 0.3) is 0 Å². The first-order valence-electron chi connectivity index (χ1n) is 6.13. The number of carbonyl (C=O) groups excluding carboxylic acids is 1. The van der Waals surface area contributed by atoms with E-state index in [1.165, 1.54) is 0 Å². The van der Waals surface area contributed by atoms with Gasteiger partial charge in [0.15, 0.2) is 0 Å². The molecule has 0 spiro atoms. The highest BCUT2D eigenvalue weighted by molar-refractivity contribution is 5.75. The van der Waals surface area contributed by atoms with E-state index in [-0.39, 0.29) is 12.5 Å². The van der Waals surface area contributed by atoms with Crippen molar-refractivity contribution in [2.45, 2.75) is 33.3 Å². The quantitative estimate of drug-likeness (QED) is 0.807. The Labute approximate surface area is 108 Å². The number of aryl methyl sites for hydroxylation is 2. The second-order valence-electron chi connectivity index (χ2n) is 4.57. The fourth-order valence-electron chi connectivity index (χ4n) is 1.63. The van der Waals surface area contributed by atoms with Crippen LogP contribution in [0.15, 0.2) is 18.2 Å². The third kappa shape index (κ3) is 5.68. The lowest BCUT2D eigenvalue weighted by atomic mass is 10.1. The third-order valence-electron chi connectivity index (χ3n) is 2.39. The van der Waals surface area contributed by atoms with E-state index in [4.69, 9.17) is 9.84 Å². The smallest absolute Gasteiger partial charge is 0.223 e. The number of nitrogens with one attached hydrogen (secondary N) is 1. The Morgan fingerprint density at radius 1 is 1.33 bits per heavy atom. The Kier molecular flexibility index (Phi) is 5.65. The van der Waals surface area contributed by atoms with Gasteiger partial charge in [-0.2, -0.15) is 0 Å². The molecule has 0 fully saturated rings. The summed E-state index contributed by atoms with van der Waals surface area (Å²) in [5.74, 6) is 0.677. The van der Waals surface area contributed by atoms with E-state index < -0.39 is 6.10 Å². The van der Waals surface area contributed by atoms with Crippen molar-refractivity contribution in [2.24, 2.45) is 0 Å². The monoisotopic (exact) mass is 251 g/mol. The lowest BCUT2D eigenvalue weighted by Crippen LogP contribution is -2.31. The summed E-state index contributed by atoms with van der Waals surface area (Å²) in [6.45, 7) is 6.27. The molecule has 0 bridgehead atoms. The molecule has 0 saturated heterocycles. The number of ether oxygens (including phenoxy) is 1. The van der Waals surface area contributed by atoms with Gasteiger partial charge >= 0.3 is 0 Å². The summed E-state index contributed by atoms with van der Waals surface area (Å²) in [7, 11) is 0. The Balaban J connectivity index is 2.30. The first kappa shape index (κ1) is 14.5. The SMILES string of the molecule is Cc1cc(C)cc(OCCC(=O)NCC(C)O)c1. The molecule has 0 heterocycles. The van der Waals surface area contributed by atoms with Crippen LogP contribution in [-0.2, 0) is 4.79 Å². The van der Waals surface area contributed by atoms with Gasteiger partial charge in [-0.25, -0.2) is 0 Å². The molecule has 0 aliphatic carbocycles. The second kappa shape index (κ2) is 7.01. The highest BCUT2D eigenvalue weighted by atomic mass is 16.5. The highest BCUT2D eigenvalue weighted by Gasteiger charge is 2.04. The molecule has 2 N–H and O–H groups in total. The van der Waals surface area contributed by atoms with Crippen LogP contribution < -0.4 is 10.1 Å². The van der Waals surface area contributed by atoms with E-state index in [1.54, 1.807) is 6.92 Å². The summed E-state index contributed by atoms with van der Waals surface area (Å²) >= 11 is 0. The van der Waals surface area contributed by atoms with E-state index in [2.05, 4.69) is 11.4 Å². The predicted molar refractivity (Wildman–Crippen MR) is 70.7 cm³/mol. The van der Waals surface area contributed by atoms with E-state index in [1.807, 2.05) is 26.0 Å². The zero-order chi connectivity index (χ0) is 13.5. The number of carbonyl (C=O) groups is 1. The van der Waals surface area contributed by atoms with Crippen LogP contribution in [0.1, 0.15) is 24.5 Å². The molecule has 0 saturated carbocycles. The molecule has 1 aromatic carbocycles. The highest BCUT2D eigenvalue weighted by Crippen LogP contribution is 2.16. The van der Waals surface area contributed by atoms with Gasteiger partial charge in [-0.05, 0) is 44.0 Å². The summed E-state index contributed by atoms with van der Waals surface area (Å²) in [6, 6.07) is 5.96. The zero-order valence-corrected chi connectivity index (χ0v) is 11.2. The predicted octanol–water partition coefficient (Wildman–Crippen LogP) is 1.57. The van der Waals surface area contributed by atoms with Crippen molar-refractivity contribution in [1.29, 1.82) is 0 Å². The van der Waals surface area contributed by atoms with Crippen LogP contribution in [-0.4, -0.2) is 30.3 Å². The molecule has 1 aromatic rings. The Morgan fingerprint density at radius 2 is 1.94 bits per heavy atom. The van der Waals surface area contributed by atoms with Crippen LogP contribution in [0.2, 0.25) is 0 Å². The molecule has 0 aliphatic heterocycles. The molecule has 0 radical (unpaired) electrons. The van der Waals surface area contributed by atoms with Crippen molar-refractivity contribution < 1.29 is 14.6 Å². The molecular formula is C14H21NO3.